The molecule has 0 saturated carbocycles. The lowest BCUT2D eigenvalue weighted by Crippen LogP contribution is -2.40. The van der Waals surface area contributed by atoms with E-state index in [4.69, 9.17) is 4.74 Å². The molecule has 0 saturated heterocycles. The number of methoxy groups -OCH3 is 1. The predicted molar refractivity (Wildman–Crippen MR) is 113 cm³/mol. The first-order valence-corrected chi connectivity index (χ1v) is 12.2. The molecule has 0 fully saturated rings. The van der Waals surface area contributed by atoms with Gasteiger partial charge in [0.05, 0.1) is 18.9 Å². The number of hydrogen-bond donors (Lipinski definition) is 1. The van der Waals surface area contributed by atoms with E-state index in [0.717, 1.165) is 9.71 Å². The Morgan fingerprint density at radius 1 is 1.20 bits per heavy atom. The molecule has 0 spiro atoms. The fourth-order valence-corrected chi connectivity index (χ4v) is 6.32. The summed E-state index contributed by atoms with van der Waals surface area (Å²) < 4.78 is 57.7. The summed E-state index contributed by atoms with van der Waals surface area (Å²) in [5.74, 6) is -0.603. The van der Waals surface area contributed by atoms with Crippen molar-refractivity contribution in [3.05, 3.63) is 65.6 Å². The lowest BCUT2D eigenvalue weighted by molar-refractivity contribution is -0.114. The van der Waals surface area contributed by atoms with Crippen molar-refractivity contribution >= 4 is 31.5 Å². The van der Waals surface area contributed by atoms with Crippen molar-refractivity contribution in [3.63, 3.8) is 0 Å². The molecular formula is C20H22N2O6S2. The van der Waals surface area contributed by atoms with Gasteiger partial charge in [0, 0.05) is 24.6 Å². The van der Waals surface area contributed by atoms with Crippen LogP contribution in [0.3, 0.4) is 0 Å². The predicted octanol–water partition coefficient (Wildman–Crippen LogP) is 2.16. The number of hydrogen-bond acceptors (Lipinski definition) is 6. The molecule has 0 aliphatic carbocycles. The number of sulfone groups is 1. The Balaban J connectivity index is 2.09. The van der Waals surface area contributed by atoms with E-state index >= 15 is 0 Å². The molecule has 30 heavy (non-hydrogen) atoms. The fourth-order valence-electron chi connectivity index (χ4n) is 3.17. The summed E-state index contributed by atoms with van der Waals surface area (Å²) in [5.41, 5.74) is 0.992. The van der Waals surface area contributed by atoms with Crippen LogP contribution in [0.1, 0.15) is 12.5 Å². The zero-order chi connectivity index (χ0) is 21.9. The van der Waals surface area contributed by atoms with Gasteiger partial charge < -0.3 is 10.1 Å². The first-order chi connectivity index (χ1) is 14.1. The van der Waals surface area contributed by atoms with Gasteiger partial charge in [0.2, 0.25) is 15.9 Å². The normalized spacial score (nSPS) is 17.8. The van der Waals surface area contributed by atoms with Gasteiger partial charge in [-0.2, -0.15) is 4.31 Å². The largest absolute Gasteiger partial charge is 0.495 e. The average molecular weight is 451 g/mol. The summed E-state index contributed by atoms with van der Waals surface area (Å²) >= 11 is 0. The summed E-state index contributed by atoms with van der Waals surface area (Å²) in [6.07, 6.45) is 1.37. The number of carbonyl (C=O) groups is 1. The Morgan fingerprint density at radius 3 is 2.47 bits per heavy atom. The third-order valence-electron chi connectivity index (χ3n) is 4.53. The molecule has 0 radical (unpaired) electrons. The van der Waals surface area contributed by atoms with Crippen molar-refractivity contribution in [3.8, 4) is 5.75 Å². The first-order valence-electron chi connectivity index (χ1n) is 9.05. The SMILES string of the molecule is COc1ccc(NC(C)=O)cc1S(=O)(=O)N(Cc1ccccc1)[C@@H]1C=CS(=O)(=O)C1. The number of ether oxygens (including phenoxy) is 1. The first kappa shape index (κ1) is 22.0. The van der Waals surface area contributed by atoms with E-state index in [9.17, 15) is 21.6 Å². The molecule has 1 N–H and O–H groups in total. The van der Waals surface area contributed by atoms with Crippen LogP contribution in [0.25, 0.3) is 0 Å². The van der Waals surface area contributed by atoms with Crippen LogP contribution in [-0.2, 0) is 31.2 Å². The molecule has 1 aliphatic heterocycles. The lowest BCUT2D eigenvalue weighted by atomic mass is 10.2. The van der Waals surface area contributed by atoms with Gasteiger partial charge in [0.1, 0.15) is 10.6 Å². The summed E-state index contributed by atoms with van der Waals surface area (Å²) in [6, 6.07) is 12.3. The quantitative estimate of drug-likeness (QED) is 0.692. The van der Waals surface area contributed by atoms with E-state index in [2.05, 4.69) is 5.32 Å². The van der Waals surface area contributed by atoms with E-state index in [1.165, 1.54) is 38.3 Å². The highest BCUT2D eigenvalue weighted by Gasteiger charge is 2.37. The molecule has 2 aromatic rings. The van der Waals surface area contributed by atoms with Gasteiger partial charge in [0.15, 0.2) is 9.84 Å². The summed E-state index contributed by atoms with van der Waals surface area (Å²) in [4.78, 5) is 11.2. The minimum atomic E-state index is -4.19. The van der Waals surface area contributed by atoms with Crippen molar-refractivity contribution in [1.29, 1.82) is 0 Å². The van der Waals surface area contributed by atoms with Gasteiger partial charge in [-0.15, -0.1) is 0 Å². The zero-order valence-electron chi connectivity index (χ0n) is 16.5. The van der Waals surface area contributed by atoms with Crippen molar-refractivity contribution in [2.45, 2.75) is 24.4 Å². The maximum Gasteiger partial charge on any atom is 0.247 e. The maximum absolute atomic E-state index is 13.7. The highest BCUT2D eigenvalue weighted by Crippen LogP contribution is 2.33. The monoisotopic (exact) mass is 450 g/mol. The minimum Gasteiger partial charge on any atom is -0.495 e. The van der Waals surface area contributed by atoms with Gasteiger partial charge in [-0.05, 0) is 23.8 Å². The van der Waals surface area contributed by atoms with Crippen LogP contribution in [0, 0.1) is 0 Å². The van der Waals surface area contributed by atoms with Crippen LogP contribution < -0.4 is 10.1 Å². The van der Waals surface area contributed by atoms with Crippen LogP contribution >= 0.6 is 0 Å². The number of sulfonamides is 1. The maximum atomic E-state index is 13.7. The average Bonchev–Trinajstić information content (AvgIpc) is 3.05. The smallest absolute Gasteiger partial charge is 0.247 e. The van der Waals surface area contributed by atoms with E-state index in [1.54, 1.807) is 24.3 Å². The van der Waals surface area contributed by atoms with Crippen molar-refractivity contribution in [1.82, 2.24) is 4.31 Å². The molecular weight excluding hydrogens is 428 g/mol. The van der Waals surface area contributed by atoms with Crippen LogP contribution in [0.2, 0.25) is 0 Å². The highest BCUT2D eigenvalue weighted by molar-refractivity contribution is 7.94. The van der Waals surface area contributed by atoms with Crippen LogP contribution in [0.4, 0.5) is 5.69 Å². The summed E-state index contributed by atoms with van der Waals surface area (Å²) in [7, 11) is -6.34. The Hall–Kier alpha value is -2.69. The van der Waals surface area contributed by atoms with Gasteiger partial charge in [-0.1, -0.05) is 36.4 Å². The van der Waals surface area contributed by atoms with E-state index in [-0.39, 0.29) is 34.5 Å². The number of nitrogens with one attached hydrogen (secondary N) is 1. The van der Waals surface area contributed by atoms with Crippen LogP contribution in [-0.4, -0.2) is 46.0 Å². The van der Waals surface area contributed by atoms with Gasteiger partial charge >= 0.3 is 0 Å². The van der Waals surface area contributed by atoms with Crippen molar-refractivity contribution in [2.75, 3.05) is 18.2 Å². The number of benzene rings is 2. The fraction of sp³-hybridized carbons (Fsp3) is 0.250. The van der Waals surface area contributed by atoms with Crippen LogP contribution in [0.15, 0.2) is 64.9 Å². The number of anilines is 1. The lowest BCUT2D eigenvalue weighted by Gasteiger charge is -2.27. The topological polar surface area (TPSA) is 110 Å². The van der Waals surface area contributed by atoms with Gasteiger partial charge in [-0.3, -0.25) is 4.79 Å². The summed E-state index contributed by atoms with van der Waals surface area (Å²) in [5, 5.41) is 3.59. The van der Waals surface area contributed by atoms with E-state index in [1.807, 2.05) is 6.07 Å². The number of amides is 1. The van der Waals surface area contributed by atoms with E-state index < -0.39 is 25.9 Å². The summed E-state index contributed by atoms with van der Waals surface area (Å²) in [6.45, 7) is 1.29. The molecule has 0 aromatic heterocycles. The third-order valence-corrected chi connectivity index (χ3v) is 7.80. The molecule has 160 valence electrons. The molecule has 0 unspecified atom stereocenters. The molecule has 1 atom stereocenters. The van der Waals surface area contributed by atoms with E-state index in [0.29, 0.717) is 5.56 Å². The standard InChI is InChI=1S/C20H22N2O6S2/c1-15(23)21-17-8-9-19(28-2)20(12-17)30(26,27)22(13-16-6-4-3-5-7-16)18-10-11-29(24,25)14-18/h3-12,18H,13-14H2,1-2H3,(H,21,23)/t18-/m1/s1. The Bertz CT molecular complexity index is 1180. The molecule has 2 aromatic carbocycles. The molecule has 1 amide bonds. The van der Waals surface area contributed by atoms with Crippen molar-refractivity contribution < 1.29 is 26.4 Å². The molecule has 0 bridgehead atoms. The Kier molecular flexibility index (Phi) is 6.30. The zero-order valence-corrected chi connectivity index (χ0v) is 18.1. The van der Waals surface area contributed by atoms with Crippen molar-refractivity contribution in [2.24, 2.45) is 0 Å². The molecule has 3 rings (SSSR count). The Labute approximate surface area is 176 Å². The molecule has 1 heterocycles. The van der Waals surface area contributed by atoms with Crippen LogP contribution in [0.5, 0.6) is 5.75 Å². The third kappa shape index (κ3) is 4.89. The molecule has 10 heteroatoms. The Morgan fingerprint density at radius 2 is 1.90 bits per heavy atom. The molecule has 8 nitrogen and oxygen atoms in total. The number of carbonyl (C=O) groups excluding carboxylic acids is 1. The van der Waals surface area contributed by atoms with Gasteiger partial charge in [-0.25, -0.2) is 16.8 Å². The second-order valence-corrected chi connectivity index (χ2v) is 10.6. The van der Waals surface area contributed by atoms with Gasteiger partial charge in [0.25, 0.3) is 0 Å². The minimum absolute atomic E-state index is 0.0266. The number of rotatable bonds is 7. The highest BCUT2D eigenvalue weighted by atomic mass is 32.2. The second-order valence-electron chi connectivity index (χ2n) is 6.81. The second kappa shape index (κ2) is 8.58. The number of nitrogens with zero attached hydrogens (tertiary/aromatic N) is 1. The molecule has 1 aliphatic rings.